The number of hydrogen-bond donors (Lipinski definition) is 0. The van der Waals surface area contributed by atoms with E-state index in [9.17, 15) is 0 Å². The van der Waals surface area contributed by atoms with Crippen LogP contribution in [0.3, 0.4) is 0 Å². The Morgan fingerprint density at radius 3 is 2.83 bits per heavy atom. The highest BCUT2D eigenvalue weighted by molar-refractivity contribution is 7.08. The fourth-order valence-electron chi connectivity index (χ4n) is 2.36. The maximum absolute atomic E-state index is 4.49. The van der Waals surface area contributed by atoms with Crippen LogP contribution < -0.4 is 0 Å². The molecule has 0 amide bonds. The lowest BCUT2D eigenvalue weighted by Crippen LogP contribution is -1.91. The molecule has 0 unspecified atom stereocenters. The summed E-state index contributed by atoms with van der Waals surface area (Å²) in [5, 5.41) is 4.29. The molecule has 3 heterocycles. The Morgan fingerprint density at radius 1 is 1.00 bits per heavy atom. The number of nitrogens with zero attached hydrogens (tertiary/aromatic N) is 2. The molecule has 3 aromatic heterocycles. The highest BCUT2D eigenvalue weighted by atomic mass is 32.1. The lowest BCUT2D eigenvalue weighted by molar-refractivity contribution is 1.23. The predicted octanol–water partition coefficient (Wildman–Crippen LogP) is 4.22. The Hall–Kier alpha value is -2.13. The van der Waals surface area contributed by atoms with Crippen molar-refractivity contribution in [2.75, 3.05) is 0 Å². The molecule has 18 heavy (non-hydrogen) atoms. The summed E-state index contributed by atoms with van der Waals surface area (Å²) in [6.07, 6.45) is 1.93. The van der Waals surface area contributed by atoms with Crippen molar-refractivity contribution in [3.63, 3.8) is 0 Å². The number of para-hydroxylation sites is 2. The van der Waals surface area contributed by atoms with E-state index in [1.165, 1.54) is 11.3 Å². The molecule has 0 aliphatic heterocycles. The molecule has 0 saturated heterocycles. The zero-order valence-electron chi connectivity index (χ0n) is 9.58. The van der Waals surface area contributed by atoms with Gasteiger partial charge in [-0.1, -0.05) is 12.1 Å². The third kappa shape index (κ3) is 1.31. The van der Waals surface area contributed by atoms with Gasteiger partial charge >= 0.3 is 0 Å². The summed E-state index contributed by atoms with van der Waals surface area (Å²) in [5.41, 5.74) is 5.80. The Kier molecular flexibility index (Phi) is 2.02. The fourth-order valence-corrected chi connectivity index (χ4v) is 3.01. The molecule has 0 aliphatic carbocycles. The molecule has 0 fully saturated rings. The average molecular weight is 250 g/mol. The predicted molar refractivity (Wildman–Crippen MR) is 76.0 cm³/mol. The van der Waals surface area contributed by atoms with Gasteiger partial charge in [0.1, 0.15) is 0 Å². The van der Waals surface area contributed by atoms with Crippen LogP contribution in [0.2, 0.25) is 0 Å². The number of hydrogen-bond acceptors (Lipinski definition) is 2. The van der Waals surface area contributed by atoms with Gasteiger partial charge < -0.3 is 4.40 Å². The Balaban J connectivity index is 2.19. The van der Waals surface area contributed by atoms with E-state index in [1.807, 2.05) is 18.3 Å². The summed E-state index contributed by atoms with van der Waals surface area (Å²) in [7, 11) is 0. The van der Waals surface area contributed by atoms with Crippen LogP contribution in [0.4, 0.5) is 0 Å². The van der Waals surface area contributed by atoms with Gasteiger partial charge in [0, 0.05) is 10.9 Å². The largest absolute Gasteiger partial charge is 0.306 e. The molecule has 0 aliphatic rings. The molecule has 1 aromatic carbocycles. The molecular weight excluding hydrogens is 240 g/mol. The molecule has 2 nitrogen and oxygen atoms in total. The van der Waals surface area contributed by atoms with Gasteiger partial charge in [-0.3, -0.25) is 4.98 Å². The van der Waals surface area contributed by atoms with E-state index in [-0.39, 0.29) is 0 Å². The zero-order valence-corrected chi connectivity index (χ0v) is 10.4. The third-order valence-electron chi connectivity index (χ3n) is 3.19. The molecule has 0 atom stereocenters. The second kappa shape index (κ2) is 3.68. The molecule has 86 valence electrons. The van der Waals surface area contributed by atoms with Crippen LogP contribution >= 0.6 is 11.3 Å². The van der Waals surface area contributed by atoms with Crippen LogP contribution in [0.25, 0.3) is 27.8 Å². The molecule has 4 rings (SSSR count). The number of thiophene rings is 1. The monoisotopic (exact) mass is 250 g/mol. The van der Waals surface area contributed by atoms with E-state index in [1.54, 1.807) is 11.3 Å². The lowest BCUT2D eigenvalue weighted by atomic mass is 10.2. The second-order valence-electron chi connectivity index (χ2n) is 4.24. The summed E-state index contributed by atoms with van der Waals surface area (Å²) >= 11 is 1.72. The van der Waals surface area contributed by atoms with Gasteiger partial charge in [0.2, 0.25) is 0 Å². The number of aromatic nitrogens is 2. The minimum atomic E-state index is 1.03. The van der Waals surface area contributed by atoms with E-state index in [4.69, 9.17) is 0 Å². The third-order valence-corrected chi connectivity index (χ3v) is 3.87. The van der Waals surface area contributed by atoms with Crippen molar-refractivity contribution >= 4 is 27.9 Å². The van der Waals surface area contributed by atoms with Crippen molar-refractivity contribution in [3.05, 3.63) is 59.4 Å². The van der Waals surface area contributed by atoms with Crippen LogP contribution in [-0.2, 0) is 0 Å². The van der Waals surface area contributed by atoms with Gasteiger partial charge in [-0.25, -0.2) is 0 Å². The highest BCUT2D eigenvalue weighted by Crippen LogP contribution is 2.27. The summed E-state index contributed by atoms with van der Waals surface area (Å²) in [4.78, 5) is 4.49. The van der Waals surface area contributed by atoms with Crippen LogP contribution in [0.5, 0.6) is 0 Å². The van der Waals surface area contributed by atoms with E-state index in [0.717, 1.165) is 16.6 Å². The summed E-state index contributed by atoms with van der Waals surface area (Å²) in [5.74, 6) is 0. The van der Waals surface area contributed by atoms with Gasteiger partial charge in [0.15, 0.2) is 0 Å². The number of benzene rings is 1. The van der Waals surface area contributed by atoms with Crippen molar-refractivity contribution < 1.29 is 0 Å². The highest BCUT2D eigenvalue weighted by Gasteiger charge is 2.08. The number of rotatable bonds is 1. The first-order valence-electron chi connectivity index (χ1n) is 5.81. The minimum Gasteiger partial charge on any atom is -0.306 e. The Labute approximate surface area is 108 Å². The standard InChI is InChI=1S/C15H10N2S/c1-2-4-15-13(3-1)16-9-12-5-6-14(17(12)15)11-7-8-18-10-11/h1-10H. The maximum atomic E-state index is 4.49. The topological polar surface area (TPSA) is 17.3 Å². The van der Waals surface area contributed by atoms with Crippen LogP contribution in [0.15, 0.2) is 59.4 Å². The van der Waals surface area contributed by atoms with Crippen LogP contribution in [-0.4, -0.2) is 9.38 Å². The molecule has 0 N–H and O–H groups in total. The van der Waals surface area contributed by atoms with Crippen LogP contribution in [0.1, 0.15) is 0 Å². The van der Waals surface area contributed by atoms with Crippen molar-refractivity contribution in [3.8, 4) is 11.3 Å². The smallest absolute Gasteiger partial charge is 0.0871 e. The van der Waals surface area contributed by atoms with E-state index >= 15 is 0 Å². The van der Waals surface area contributed by atoms with Crippen molar-refractivity contribution in [2.24, 2.45) is 0 Å². The Bertz CT molecular complexity index is 828. The normalized spacial score (nSPS) is 11.3. The fraction of sp³-hybridized carbons (Fsp3) is 0. The Morgan fingerprint density at radius 2 is 1.94 bits per heavy atom. The average Bonchev–Trinajstić information content (AvgIpc) is 3.07. The van der Waals surface area contributed by atoms with E-state index in [0.29, 0.717) is 0 Å². The van der Waals surface area contributed by atoms with E-state index < -0.39 is 0 Å². The molecule has 0 bridgehead atoms. The SMILES string of the molecule is c1ccc2c(c1)ncc1ccc(-c3ccsc3)n12. The molecule has 3 heteroatoms. The lowest BCUT2D eigenvalue weighted by Gasteiger charge is -2.05. The summed E-state index contributed by atoms with van der Waals surface area (Å²) in [6, 6.07) is 14.7. The minimum absolute atomic E-state index is 1.03. The first-order chi connectivity index (χ1) is 8.93. The summed E-state index contributed by atoms with van der Waals surface area (Å²) in [6.45, 7) is 0. The molecular formula is C15H10N2S. The van der Waals surface area contributed by atoms with Gasteiger partial charge in [-0.15, -0.1) is 0 Å². The quantitative estimate of drug-likeness (QED) is 0.494. The number of fused-ring (bicyclic) bond motifs is 3. The maximum Gasteiger partial charge on any atom is 0.0871 e. The van der Waals surface area contributed by atoms with Gasteiger partial charge in [0.05, 0.1) is 28.4 Å². The molecule has 0 spiro atoms. The van der Waals surface area contributed by atoms with E-state index in [2.05, 4.69) is 50.5 Å². The summed E-state index contributed by atoms with van der Waals surface area (Å²) < 4.78 is 2.27. The van der Waals surface area contributed by atoms with Gasteiger partial charge in [0.25, 0.3) is 0 Å². The first-order valence-corrected chi connectivity index (χ1v) is 6.75. The molecule has 0 saturated carbocycles. The van der Waals surface area contributed by atoms with Crippen molar-refractivity contribution in [1.29, 1.82) is 0 Å². The molecule has 4 aromatic rings. The van der Waals surface area contributed by atoms with Crippen LogP contribution in [0, 0.1) is 0 Å². The second-order valence-corrected chi connectivity index (χ2v) is 5.02. The zero-order chi connectivity index (χ0) is 11.9. The molecule has 0 radical (unpaired) electrons. The van der Waals surface area contributed by atoms with Crippen molar-refractivity contribution in [2.45, 2.75) is 0 Å². The first kappa shape index (κ1) is 9.85. The van der Waals surface area contributed by atoms with Gasteiger partial charge in [-0.05, 0) is 35.7 Å². The van der Waals surface area contributed by atoms with Gasteiger partial charge in [-0.2, -0.15) is 11.3 Å². The van der Waals surface area contributed by atoms with Crippen molar-refractivity contribution in [1.82, 2.24) is 9.38 Å².